The van der Waals surface area contributed by atoms with Gasteiger partial charge in [-0.1, -0.05) is 34.4 Å². The van der Waals surface area contributed by atoms with Gasteiger partial charge in [0.15, 0.2) is 0 Å². The summed E-state index contributed by atoms with van der Waals surface area (Å²) in [6, 6.07) is 12.4. The van der Waals surface area contributed by atoms with Crippen LogP contribution in [0.4, 0.5) is 11.4 Å². The zero-order chi connectivity index (χ0) is 30.5. The predicted molar refractivity (Wildman–Crippen MR) is 162 cm³/mol. The van der Waals surface area contributed by atoms with Gasteiger partial charge in [-0.25, -0.2) is 0 Å². The number of ether oxygens (including phenoxy) is 2. The van der Waals surface area contributed by atoms with E-state index < -0.39 is 11.6 Å². The predicted octanol–water partition coefficient (Wildman–Crippen LogP) is 6.54. The van der Waals surface area contributed by atoms with Gasteiger partial charge in [-0.15, -0.1) is 0 Å². The first-order valence-electron chi connectivity index (χ1n) is 14.5. The zero-order valence-electron chi connectivity index (χ0n) is 24.2. The number of nitrogens with zero attached hydrogens (tertiary/aromatic N) is 3. The van der Waals surface area contributed by atoms with Gasteiger partial charge in [0.1, 0.15) is 23.6 Å². The summed E-state index contributed by atoms with van der Waals surface area (Å²) in [7, 11) is 0. The average molecular weight is 627 g/mol. The first kappa shape index (κ1) is 29.7. The molecular formula is C32H33Cl2N3O6. The van der Waals surface area contributed by atoms with Gasteiger partial charge in [0, 0.05) is 34.5 Å². The molecule has 9 nitrogen and oxygen atoms in total. The van der Waals surface area contributed by atoms with Gasteiger partial charge < -0.3 is 23.8 Å². The molecule has 2 heterocycles. The molecule has 2 bridgehead atoms. The smallest absolute Gasteiger partial charge is 0.326 e. The lowest BCUT2D eigenvalue weighted by Gasteiger charge is -2.31. The quantitative estimate of drug-likeness (QED) is 0.186. The van der Waals surface area contributed by atoms with Crippen molar-refractivity contribution in [3.63, 3.8) is 0 Å². The number of hydrogen-bond donors (Lipinski definition) is 0. The SMILES string of the molecule is CC(C)(C)OC(=O)CN(C=O)c1ccc(N2C(=O)[C@@H]3C[C@H]2C[C@H]3OCc2c(-c3c(Cl)cccc3Cl)noc2C2CC2)cc1. The Bertz CT molecular complexity index is 1530. The molecule has 2 aromatic carbocycles. The second-order valence-corrected chi connectivity index (χ2v) is 13.2. The summed E-state index contributed by atoms with van der Waals surface area (Å²) in [6.07, 6.45) is 3.83. The molecule has 0 spiro atoms. The van der Waals surface area contributed by atoms with Crippen molar-refractivity contribution in [3.8, 4) is 11.3 Å². The molecule has 0 radical (unpaired) electrons. The molecule has 226 valence electrons. The molecule has 11 heteroatoms. The van der Waals surface area contributed by atoms with Gasteiger partial charge in [0.2, 0.25) is 12.3 Å². The van der Waals surface area contributed by atoms with Crippen molar-refractivity contribution < 1.29 is 28.4 Å². The summed E-state index contributed by atoms with van der Waals surface area (Å²) < 4.78 is 17.5. The van der Waals surface area contributed by atoms with Crippen LogP contribution in [0.2, 0.25) is 10.0 Å². The third kappa shape index (κ3) is 6.03. The number of halogens is 2. The Morgan fingerprint density at radius 3 is 2.42 bits per heavy atom. The molecule has 3 atom stereocenters. The van der Waals surface area contributed by atoms with Crippen LogP contribution < -0.4 is 9.80 Å². The minimum atomic E-state index is -0.646. The number of anilines is 2. The lowest BCUT2D eigenvalue weighted by molar-refractivity contribution is -0.153. The number of piperidine rings is 1. The number of aromatic nitrogens is 1. The highest BCUT2D eigenvalue weighted by atomic mass is 35.5. The standard InChI is InChI=1S/C32H33Cl2N3O6/c1-32(2,3)42-27(39)15-36(17-38)19-9-11-20(12-10-19)37-21-13-22(31(37)40)26(14-21)41-16-23-29(35-43-30(23)18-7-8-18)28-24(33)5-4-6-25(28)34/h4-6,9-12,17-18,21-22,26H,7-8,13-16H2,1-3H3/t21-,22+,26+/m0/s1. The van der Waals surface area contributed by atoms with Crippen LogP contribution in [0.25, 0.3) is 11.3 Å². The molecule has 1 aliphatic heterocycles. The summed E-state index contributed by atoms with van der Waals surface area (Å²) in [4.78, 5) is 40.5. The van der Waals surface area contributed by atoms with Gasteiger partial charge in [-0.2, -0.15) is 0 Å². The summed E-state index contributed by atoms with van der Waals surface area (Å²) >= 11 is 13.0. The summed E-state index contributed by atoms with van der Waals surface area (Å²) in [5.41, 5.74) is 2.69. The third-order valence-electron chi connectivity index (χ3n) is 8.11. The highest BCUT2D eigenvalue weighted by molar-refractivity contribution is 6.39. The Balaban J connectivity index is 1.12. The van der Waals surface area contributed by atoms with Gasteiger partial charge in [-0.05, 0) is 82.9 Å². The lowest BCUT2D eigenvalue weighted by atomic mass is 10.0. The molecule has 0 unspecified atom stereocenters. The average Bonchev–Trinajstić information content (AvgIpc) is 3.46. The minimum absolute atomic E-state index is 0.000136. The van der Waals surface area contributed by atoms with E-state index in [4.69, 9.17) is 37.2 Å². The van der Waals surface area contributed by atoms with Crippen molar-refractivity contribution in [2.75, 3.05) is 16.3 Å². The fourth-order valence-electron chi connectivity index (χ4n) is 6.07. The molecule has 1 aromatic heterocycles. The van der Waals surface area contributed by atoms with E-state index in [1.54, 1.807) is 63.2 Å². The lowest BCUT2D eigenvalue weighted by Crippen LogP contribution is -2.43. The van der Waals surface area contributed by atoms with E-state index in [1.807, 2.05) is 4.90 Å². The number of carbonyl (C=O) groups excluding carboxylic acids is 3. The van der Waals surface area contributed by atoms with Crippen molar-refractivity contribution in [1.29, 1.82) is 0 Å². The molecule has 6 rings (SSSR count). The summed E-state index contributed by atoms with van der Waals surface area (Å²) in [6.45, 7) is 5.37. The first-order valence-corrected chi connectivity index (χ1v) is 15.2. The van der Waals surface area contributed by atoms with E-state index in [-0.39, 0.29) is 37.1 Å². The molecule has 2 amide bonds. The fraction of sp³-hybridized carbons (Fsp3) is 0.438. The van der Waals surface area contributed by atoms with E-state index in [2.05, 4.69) is 5.16 Å². The molecule has 3 fully saturated rings. The van der Waals surface area contributed by atoms with Crippen molar-refractivity contribution in [3.05, 3.63) is 63.8 Å². The second kappa shape index (κ2) is 11.6. The maximum Gasteiger partial charge on any atom is 0.326 e. The van der Waals surface area contributed by atoms with Crippen molar-refractivity contribution >= 4 is 52.9 Å². The van der Waals surface area contributed by atoms with Gasteiger partial charge >= 0.3 is 5.97 Å². The van der Waals surface area contributed by atoms with Crippen LogP contribution in [-0.4, -0.2) is 47.7 Å². The third-order valence-corrected chi connectivity index (χ3v) is 8.74. The van der Waals surface area contributed by atoms with Crippen LogP contribution >= 0.6 is 23.2 Å². The number of amides is 2. The number of carbonyl (C=O) groups is 3. The van der Waals surface area contributed by atoms with Crippen molar-refractivity contribution in [1.82, 2.24) is 5.16 Å². The van der Waals surface area contributed by atoms with Crippen molar-refractivity contribution in [2.45, 2.75) is 76.7 Å². The first-order chi connectivity index (χ1) is 20.5. The number of benzene rings is 2. The monoisotopic (exact) mass is 625 g/mol. The maximum absolute atomic E-state index is 13.5. The Morgan fingerprint density at radius 1 is 1.12 bits per heavy atom. The highest BCUT2D eigenvalue weighted by Gasteiger charge is 2.52. The van der Waals surface area contributed by atoms with Crippen LogP contribution in [0.5, 0.6) is 0 Å². The van der Waals surface area contributed by atoms with Crippen LogP contribution in [0, 0.1) is 5.92 Å². The second-order valence-electron chi connectivity index (χ2n) is 12.4. The Kier molecular flexibility index (Phi) is 8.00. The molecule has 43 heavy (non-hydrogen) atoms. The Labute approximate surface area is 260 Å². The molecule has 0 N–H and O–H groups in total. The van der Waals surface area contributed by atoms with Gasteiger partial charge in [-0.3, -0.25) is 14.4 Å². The van der Waals surface area contributed by atoms with E-state index in [0.29, 0.717) is 52.2 Å². The van der Waals surface area contributed by atoms with Crippen LogP contribution in [0.1, 0.15) is 63.7 Å². The summed E-state index contributed by atoms with van der Waals surface area (Å²) in [5, 5.41) is 5.31. The van der Waals surface area contributed by atoms with E-state index in [0.717, 1.165) is 29.9 Å². The molecule has 2 aliphatic carbocycles. The molecule has 3 aliphatic rings. The number of esters is 1. The molecule has 3 aromatic rings. The normalized spacial score (nSPS) is 21.4. The van der Waals surface area contributed by atoms with E-state index in [1.165, 1.54) is 4.90 Å². The van der Waals surface area contributed by atoms with E-state index in [9.17, 15) is 14.4 Å². The zero-order valence-corrected chi connectivity index (χ0v) is 25.7. The topological polar surface area (TPSA) is 102 Å². The highest BCUT2D eigenvalue weighted by Crippen LogP contribution is 2.47. The minimum Gasteiger partial charge on any atom is -0.459 e. The molecule has 2 saturated carbocycles. The summed E-state index contributed by atoms with van der Waals surface area (Å²) in [5.74, 6) is 0.357. The largest absolute Gasteiger partial charge is 0.459 e. The maximum atomic E-state index is 13.5. The number of hydrogen-bond acceptors (Lipinski definition) is 7. The van der Waals surface area contributed by atoms with Gasteiger partial charge in [0.25, 0.3) is 0 Å². The molecule has 1 saturated heterocycles. The fourth-order valence-corrected chi connectivity index (χ4v) is 6.65. The van der Waals surface area contributed by atoms with Crippen molar-refractivity contribution in [2.24, 2.45) is 5.92 Å². The van der Waals surface area contributed by atoms with Crippen LogP contribution in [0.3, 0.4) is 0 Å². The van der Waals surface area contributed by atoms with E-state index >= 15 is 0 Å². The number of fused-ring (bicyclic) bond motifs is 2. The van der Waals surface area contributed by atoms with Crippen LogP contribution in [0.15, 0.2) is 47.0 Å². The Morgan fingerprint density at radius 2 is 1.81 bits per heavy atom. The Hall–Kier alpha value is -3.40. The van der Waals surface area contributed by atoms with Gasteiger partial charge in [0.05, 0.1) is 28.7 Å². The molecular weight excluding hydrogens is 593 g/mol. The van der Waals surface area contributed by atoms with Crippen LogP contribution in [-0.2, 0) is 30.5 Å². The number of rotatable bonds is 10.